The van der Waals surface area contributed by atoms with E-state index in [1.54, 1.807) is 6.20 Å². The molecule has 2 aromatic rings. The molecule has 0 spiro atoms. The Morgan fingerprint density at radius 1 is 1.45 bits per heavy atom. The van der Waals surface area contributed by atoms with E-state index < -0.39 is 0 Å². The average Bonchev–Trinajstić information content (AvgIpc) is 3.08. The monoisotopic (exact) mass is 354 g/mol. The second-order valence-electron chi connectivity index (χ2n) is 4.63. The first kappa shape index (κ1) is 14.0. The zero-order valence-corrected chi connectivity index (χ0v) is 13.4. The van der Waals surface area contributed by atoms with Gasteiger partial charge in [-0.15, -0.1) is 0 Å². The zero-order valence-electron chi connectivity index (χ0n) is 11.0. The van der Waals surface area contributed by atoms with Crippen LogP contribution < -0.4 is 5.32 Å². The fraction of sp³-hybridized carbons (Fsp3) is 0.462. The van der Waals surface area contributed by atoms with Gasteiger partial charge in [0.1, 0.15) is 5.69 Å². The van der Waals surface area contributed by atoms with E-state index in [0.717, 1.165) is 28.2 Å². The van der Waals surface area contributed by atoms with Crippen LogP contribution in [0.1, 0.15) is 18.7 Å². The van der Waals surface area contributed by atoms with Gasteiger partial charge in [-0.3, -0.25) is 4.98 Å². The summed E-state index contributed by atoms with van der Waals surface area (Å²) < 4.78 is 6.38. The van der Waals surface area contributed by atoms with E-state index >= 15 is 0 Å². The predicted molar refractivity (Wildman–Crippen MR) is 82.8 cm³/mol. The van der Waals surface area contributed by atoms with E-state index in [4.69, 9.17) is 4.52 Å². The molecule has 2 atom stereocenters. The van der Waals surface area contributed by atoms with Crippen molar-refractivity contribution in [1.29, 1.82) is 0 Å². The maximum Gasteiger partial charge on any atom is 0.232 e. The van der Waals surface area contributed by atoms with Gasteiger partial charge in [0.25, 0.3) is 0 Å². The van der Waals surface area contributed by atoms with Crippen LogP contribution in [0.25, 0.3) is 11.5 Å². The smallest absolute Gasteiger partial charge is 0.232 e. The summed E-state index contributed by atoms with van der Waals surface area (Å²) in [6.07, 6.45) is 1.73. The Hall–Kier alpha value is -0.920. The number of hydrogen-bond acceptors (Lipinski definition) is 6. The molecule has 0 aliphatic carbocycles. The predicted octanol–water partition coefficient (Wildman–Crippen LogP) is 2.70. The van der Waals surface area contributed by atoms with Gasteiger partial charge in [-0.25, -0.2) is 0 Å². The van der Waals surface area contributed by atoms with E-state index in [9.17, 15) is 0 Å². The summed E-state index contributed by atoms with van der Waals surface area (Å²) in [7, 11) is 0. The molecular weight excluding hydrogens is 340 g/mol. The highest BCUT2D eigenvalue weighted by Crippen LogP contribution is 2.32. The molecular formula is C13H15BrN4OS. The lowest BCUT2D eigenvalue weighted by Crippen LogP contribution is -2.34. The van der Waals surface area contributed by atoms with Crippen LogP contribution in [0, 0.1) is 0 Å². The minimum Gasteiger partial charge on any atom is -0.339 e. The summed E-state index contributed by atoms with van der Waals surface area (Å²) in [6.45, 7) is 3.07. The maximum absolute atomic E-state index is 5.44. The standard InChI is InChI=1S/C13H15BrN4OS/c1-2-15-11-7-20-6-9(11)13-17-12(18-19-13)10-4-3-8(14)5-16-10/h3-5,9,11,15H,2,6-7H2,1H3. The Morgan fingerprint density at radius 2 is 2.35 bits per heavy atom. The summed E-state index contributed by atoms with van der Waals surface area (Å²) in [5.74, 6) is 3.66. The van der Waals surface area contributed by atoms with Crippen LogP contribution in [-0.2, 0) is 0 Å². The van der Waals surface area contributed by atoms with Gasteiger partial charge in [0, 0.05) is 28.2 Å². The Balaban J connectivity index is 1.81. The van der Waals surface area contributed by atoms with Gasteiger partial charge in [-0.2, -0.15) is 16.7 Å². The molecule has 1 aliphatic heterocycles. The maximum atomic E-state index is 5.44. The lowest BCUT2D eigenvalue weighted by Gasteiger charge is -2.15. The van der Waals surface area contributed by atoms with Gasteiger partial charge in [0.15, 0.2) is 0 Å². The highest BCUT2D eigenvalue weighted by molar-refractivity contribution is 9.10. The molecule has 2 aromatic heterocycles. The number of aromatic nitrogens is 3. The Bertz CT molecular complexity index is 574. The fourth-order valence-electron chi connectivity index (χ4n) is 2.26. The first-order valence-electron chi connectivity index (χ1n) is 6.54. The van der Waals surface area contributed by atoms with E-state index in [0.29, 0.717) is 17.8 Å². The minimum atomic E-state index is 0.289. The van der Waals surface area contributed by atoms with Crippen LogP contribution in [0.3, 0.4) is 0 Å². The van der Waals surface area contributed by atoms with Crippen molar-refractivity contribution in [2.75, 3.05) is 18.1 Å². The molecule has 1 aliphatic rings. The van der Waals surface area contributed by atoms with Crippen molar-refractivity contribution in [2.45, 2.75) is 18.9 Å². The quantitative estimate of drug-likeness (QED) is 0.910. The summed E-state index contributed by atoms with van der Waals surface area (Å²) in [5, 5.41) is 7.53. The van der Waals surface area contributed by atoms with Crippen molar-refractivity contribution in [3.63, 3.8) is 0 Å². The van der Waals surface area contributed by atoms with Crippen LogP contribution in [0.15, 0.2) is 27.3 Å². The fourth-order valence-corrected chi connectivity index (χ4v) is 3.86. The van der Waals surface area contributed by atoms with E-state index in [1.165, 1.54) is 0 Å². The van der Waals surface area contributed by atoms with Gasteiger partial charge in [-0.05, 0) is 34.6 Å². The third kappa shape index (κ3) is 2.89. The van der Waals surface area contributed by atoms with Crippen molar-refractivity contribution in [1.82, 2.24) is 20.4 Å². The Kier molecular flexibility index (Phi) is 4.38. The molecule has 2 unspecified atom stereocenters. The zero-order chi connectivity index (χ0) is 13.9. The van der Waals surface area contributed by atoms with Gasteiger partial charge in [0.2, 0.25) is 11.7 Å². The molecule has 3 heterocycles. The van der Waals surface area contributed by atoms with Crippen molar-refractivity contribution in [3.05, 3.63) is 28.7 Å². The van der Waals surface area contributed by atoms with Crippen LogP contribution in [0.2, 0.25) is 0 Å². The number of rotatable bonds is 4. The largest absolute Gasteiger partial charge is 0.339 e. The van der Waals surface area contributed by atoms with Crippen molar-refractivity contribution < 1.29 is 4.52 Å². The van der Waals surface area contributed by atoms with Crippen LogP contribution >= 0.6 is 27.7 Å². The van der Waals surface area contributed by atoms with Crippen LogP contribution in [-0.4, -0.2) is 39.2 Å². The third-order valence-electron chi connectivity index (χ3n) is 3.26. The summed E-state index contributed by atoms with van der Waals surface area (Å²) in [5.41, 5.74) is 0.730. The SMILES string of the molecule is CCNC1CSCC1c1nc(-c2ccc(Br)cn2)no1. The van der Waals surface area contributed by atoms with Crippen LogP contribution in [0.4, 0.5) is 0 Å². The van der Waals surface area contributed by atoms with Gasteiger partial charge in [-0.1, -0.05) is 12.1 Å². The number of hydrogen-bond donors (Lipinski definition) is 1. The first-order valence-corrected chi connectivity index (χ1v) is 8.49. The highest BCUT2D eigenvalue weighted by Gasteiger charge is 2.33. The normalized spacial score (nSPS) is 22.3. The van der Waals surface area contributed by atoms with Gasteiger partial charge >= 0.3 is 0 Å². The summed E-state index contributed by atoms with van der Waals surface area (Å²) in [6, 6.07) is 4.21. The third-order valence-corrected chi connectivity index (χ3v) is 4.92. The molecule has 1 N–H and O–H groups in total. The lowest BCUT2D eigenvalue weighted by atomic mass is 10.0. The molecule has 5 nitrogen and oxygen atoms in total. The number of nitrogens with one attached hydrogen (secondary N) is 1. The molecule has 1 fully saturated rings. The van der Waals surface area contributed by atoms with Gasteiger partial charge in [0.05, 0.1) is 5.92 Å². The van der Waals surface area contributed by atoms with Crippen molar-refractivity contribution in [2.24, 2.45) is 0 Å². The average molecular weight is 355 g/mol. The molecule has 0 aromatic carbocycles. The first-order chi connectivity index (χ1) is 9.78. The molecule has 3 rings (SSSR count). The number of halogens is 1. The second-order valence-corrected chi connectivity index (χ2v) is 6.62. The van der Waals surface area contributed by atoms with Crippen molar-refractivity contribution in [3.8, 4) is 11.5 Å². The second kappa shape index (κ2) is 6.24. The summed E-state index contributed by atoms with van der Waals surface area (Å²) in [4.78, 5) is 8.81. The Labute approximate surface area is 130 Å². The van der Waals surface area contributed by atoms with Gasteiger partial charge < -0.3 is 9.84 Å². The molecule has 106 valence electrons. The van der Waals surface area contributed by atoms with E-state index in [1.807, 2.05) is 23.9 Å². The van der Waals surface area contributed by atoms with E-state index in [2.05, 4.69) is 43.3 Å². The number of likely N-dealkylation sites (N-methyl/N-ethyl adjacent to an activating group) is 1. The molecule has 0 radical (unpaired) electrons. The topological polar surface area (TPSA) is 63.8 Å². The molecule has 20 heavy (non-hydrogen) atoms. The molecule has 1 saturated heterocycles. The number of thioether (sulfide) groups is 1. The number of pyridine rings is 1. The summed E-state index contributed by atoms with van der Waals surface area (Å²) >= 11 is 5.28. The highest BCUT2D eigenvalue weighted by atomic mass is 79.9. The Morgan fingerprint density at radius 3 is 3.10 bits per heavy atom. The van der Waals surface area contributed by atoms with Crippen LogP contribution in [0.5, 0.6) is 0 Å². The molecule has 0 bridgehead atoms. The molecule has 7 heteroatoms. The number of nitrogens with zero attached hydrogens (tertiary/aromatic N) is 3. The molecule has 0 saturated carbocycles. The van der Waals surface area contributed by atoms with E-state index in [-0.39, 0.29) is 5.92 Å². The van der Waals surface area contributed by atoms with Crippen molar-refractivity contribution >= 4 is 27.7 Å². The molecule has 0 amide bonds. The lowest BCUT2D eigenvalue weighted by molar-refractivity contribution is 0.340. The minimum absolute atomic E-state index is 0.289.